The maximum Gasteiger partial charge on any atom is 0.249 e. The zero-order valence-electron chi connectivity index (χ0n) is 11.5. The highest BCUT2D eigenvalue weighted by molar-refractivity contribution is 5.96. The number of hydrogen-bond acceptors (Lipinski definition) is 4. The Labute approximate surface area is 108 Å². The number of carbonyl (C=O) groups excluding carboxylic acids is 2. The quantitative estimate of drug-likeness (QED) is 0.427. The zero-order valence-corrected chi connectivity index (χ0v) is 11.5. The minimum Gasteiger partial charge on any atom is -0.350 e. The fourth-order valence-electron chi connectivity index (χ4n) is 0.976. The lowest BCUT2D eigenvalue weighted by Crippen LogP contribution is -2.41. The summed E-state index contributed by atoms with van der Waals surface area (Å²) in [4.78, 5) is 23.3. The summed E-state index contributed by atoms with van der Waals surface area (Å²) in [5.74, 6) is -0.512. The summed E-state index contributed by atoms with van der Waals surface area (Å²) >= 11 is 0. The predicted molar refractivity (Wildman–Crippen MR) is 71.4 cm³/mol. The molecule has 0 aromatic heterocycles. The zero-order chi connectivity index (χ0) is 14.4. The third-order valence-electron chi connectivity index (χ3n) is 2.30. The Morgan fingerprint density at radius 3 is 2.06 bits per heavy atom. The highest BCUT2D eigenvalue weighted by atomic mass is 16.2. The lowest BCUT2D eigenvalue weighted by molar-refractivity contribution is -0.125. The lowest BCUT2D eigenvalue weighted by atomic mass is 10.0. The van der Waals surface area contributed by atoms with E-state index in [4.69, 9.17) is 0 Å². The van der Waals surface area contributed by atoms with Gasteiger partial charge in [0.25, 0.3) is 0 Å². The normalized spacial score (nSPS) is 12.2. The van der Waals surface area contributed by atoms with Crippen LogP contribution in [0.3, 0.4) is 0 Å². The van der Waals surface area contributed by atoms with Crippen molar-refractivity contribution in [2.24, 2.45) is 10.2 Å². The van der Waals surface area contributed by atoms with Crippen LogP contribution in [-0.4, -0.2) is 29.3 Å². The van der Waals surface area contributed by atoms with Gasteiger partial charge in [-0.1, -0.05) is 12.7 Å². The molecule has 0 fully saturated rings. The molecule has 5 heteroatoms. The molecule has 18 heavy (non-hydrogen) atoms. The van der Waals surface area contributed by atoms with Crippen LogP contribution in [0.15, 0.2) is 35.5 Å². The molecule has 0 atom stereocenters. The number of ketones is 1. The second kappa shape index (κ2) is 6.23. The van der Waals surface area contributed by atoms with E-state index in [2.05, 4.69) is 28.7 Å². The van der Waals surface area contributed by atoms with Crippen molar-refractivity contribution in [2.75, 3.05) is 6.54 Å². The number of amides is 1. The van der Waals surface area contributed by atoms with Gasteiger partial charge in [0, 0.05) is 6.54 Å². The van der Waals surface area contributed by atoms with Gasteiger partial charge in [0.15, 0.2) is 11.3 Å². The molecule has 5 nitrogen and oxygen atoms in total. The highest BCUT2D eigenvalue weighted by Crippen LogP contribution is 2.17. The monoisotopic (exact) mass is 251 g/mol. The van der Waals surface area contributed by atoms with Crippen molar-refractivity contribution in [1.29, 1.82) is 0 Å². The van der Waals surface area contributed by atoms with Gasteiger partial charge >= 0.3 is 0 Å². The first-order chi connectivity index (χ1) is 8.17. The van der Waals surface area contributed by atoms with Gasteiger partial charge in [-0.3, -0.25) is 9.59 Å². The Morgan fingerprint density at radius 1 is 1.11 bits per heavy atom. The van der Waals surface area contributed by atoms with Crippen LogP contribution in [0.1, 0.15) is 27.7 Å². The van der Waals surface area contributed by atoms with Crippen molar-refractivity contribution < 1.29 is 9.59 Å². The standard InChI is InChI=1S/C13H21N3O2/c1-7-9-14-11(18)13(5,6)16-15-12(3,4)10(17)8-2/h7-8H,1-2,9H2,3-6H3,(H,14,18). The number of hydrogen-bond donors (Lipinski definition) is 1. The number of rotatable bonds is 7. The first-order valence-electron chi connectivity index (χ1n) is 5.67. The Morgan fingerprint density at radius 2 is 1.61 bits per heavy atom. The van der Waals surface area contributed by atoms with Gasteiger partial charge in [0.05, 0.1) is 0 Å². The van der Waals surface area contributed by atoms with E-state index in [1.165, 1.54) is 6.08 Å². The Kier molecular flexibility index (Phi) is 5.62. The van der Waals surface area contributed by atoms with Crippen LogP contribution in [0.25, 0.3) is 0 Å². The van der Waals surface area contributed by atoms with E-state index < -0.39 is 11.1 Å². The average Bonchev–Trinajstić information content (AvgIpc) is 2.32. The van der Waals surface area contributed by atoms with Crippen LogP contribution >= 0.6 is 0 Å². The summed E-state index contributed by atoms with van der Waals surface area (Å²) in [6.45, 7) is 13.8. The predicted octanol–water partition coefficient (Wildman–Crippen LogP) is 2.05. The van der Waals surface area contributed by atoms with Gasteiger partial charge in [0.1, 0.15) is 5.54 Å². The van der Waals surface area contributed by atoms with Crippen LogP contribution in [0.5, 0.6) is 0 Å². The van der Waals surface area contributed by atoms with Gasteiger partial charge in [-0.25, -0.2) is 0 Å². The second-order valence-electron chi connectivity index (χ2n) is 4.89. The molecule has 0 aliphatic carbocycles. The molecule has 0 radical (unpaired) electrons. The highest BCUT2D eigenvalue weighted by Gasteiger charge is 2.30. The molecule has 0 aromatic rings. The molecule has 0 spiro atoms. The van der Waals surface area contributed by atoms with E-state index in [9.17, 15) is 9.59 Å². The molecule has 0 aliphatic heterocycles. The molecule has 0 rings (SSSR count). The van der Waals surface area contributed by atoms with Crippen LogP contribution in [0, 0.1) is 0 Å². The van der Waals surface area contributed by atoms with Crippen LogP contribution in [-0.2, 0) is 9.59 Å². The maximum atomic E-state index is 11.8. The molecule has 100 valence electrons. The van der Waals surface area contributed by atoms with Crippen molar-refractivity contribution in [3.05, 3.63) is 25.3 Å². The Bertz CT molecular complexity index is 382. The molecule has 0 bridgehead atoms. The van der Waals surface area contributed by atoms with E-state index in [1.54, 1.807) is 33.8 Å². The maximum absolute atomic E-state index is 11.8. The topological polar surface area (TPSA) is 70.9 Å². The Balaban J connectivity index is 4.85. The molecule has 0 saturated carbocycles. The molecule has 1 N–H and O–H groups in total. The van der Waals surface area contributed by atoms with Crippen molar-refractivity contribution in [1.82, 2.24) is 5.32 Å². The molecular weight excluding hydrogens is 230 g/mol. The largest absolute Gasteiger partial charge is 0.350 e. The molecule has 1 amide bonds. The Hall–Kier alpha value is -1.78. The van der Waals surface area contributed by atoms with E-state index >= 15 is 0 Å². The third-order valence-corrected chi connectivity index (χ3v) is 2.30. The average molecular weight is 251 g/mol. The molecular formula is C13H21N3O2. The summed E-state index contributed by atoms with van der Waals surface area (Å²) in [5.41, 5.74) is -2.03. The molecule has 0 aliphatic rings. The fourth-order valence-corrected chi connectivity index (χ4v) is 0.976. The summed E-state index contributed by atoms with van der Waals surface area (Å²) in [6, 6.07) is 0. The van der Waals surface area contributed by atoms with Crippen molar-refractivity contribution in [2.45, 2.75) is 38.8 Å². The third kappa shape index (κ3) is 4.61. The van der Waals surface area contributed by atoms with Crippen molar-refractivity contribution >= 4 is 11.7 Å². The number of azo groups is 1. The van der Waals surface area contributed by atoms with Crippen molar-refractivity contribution in [3.63, 3.8) is 0 Å². The van der Waals surface area contributed by atoms with E-state index in [-0.39, 0.29) is 11.7 Å². The molecule has 0 aromatic carbocycles. The van der Waals surface area contributed by atoms with Crippen LogP contribution in [0.4, 0.5) is 0 Å². The number of carbonyl (C=O) groups is 2. The summed E-state index contributed by atoms with van der Waals surface area (Å²) in [6.07, 6.45) is 2.78. The lowest BCUT2D eigenvalue weighted by Gasteiger charge is -2.20. The van der Waals surface area contributed by atoms with E-state index in [0.717, 1.165) is 0 Å². The molecule has 0 heterocycles. The van der Waals surface area contributed by atoms with Gasteiger partial charge in [-0.15, -0.1) is 6.58 Å². The number of nitrogens with zero attached hydrogens (tertiary/aromatic N) is 2. The second-order valence-corrected chi connectivity index (χ2v) is 4.89. The van der Waals surface area contributed by atoms with Gasteiger partial charge in [0.2, 0.25) is 5.91 Å². The molecule has 0 unspecified atom stereocenters. The minimum absolute atomic E-state index is 0.242. The summed E-state index contributed by atoms with van der Waals surface area (Å²) in [7, 11) is 0. The minimum atomic E-state index is -1.03. The van der Waals surface area contributed by atoms with Crippen molar-refractivity contribution in [3.8, 4) is 0 Å². The van der Waals surface area contributed by atoms with E-state index in [1.807, 2.05) is 0 Å². The first-order valence-corrected chi connectivity index (χ1v) is 5.67. The SMILES string of the molecule is C=CCNC(=O)C(C)(C)N=NC(C)(C)C(=O)C=C. The van der Waals surface area contributed by atoms with Crippen LogP contribution < -0.4 is 5.32 Å². The molecule has 0 saturated heterocycles. The smallest absolute Gasteiger partial charge is 0.249 e. The fraction of sp³-hybridized carbons (Fsp3) is 0.538. The summed E-state index contributed by atoms with van der Waals surface area (Å²) in [5, 5.41) is 10.5. The number of nitrogens with one attached hydrogen (secondary N) is 1. The van der Waals surface area contributed by atoms with E-state index in [0.29, 0.717) is 6.54 Å². The van der Waals surface area contributed by atoms with Gasteiger partial charge in [-0.05, 0) is 33.8 Å². The van der Waals surface area contributed by atoms with Gasteiger partial charge in [-0.2, -0.15) is 10.2 Å². The first kappa shape index (κ1) is 16.2. The summed E-state index contributed by atoms with van der Waals surface area (Å²) < 4.78 is 0. The van der Waals surface area contributed by atoms with Crippen LogP contribution in [0.2, 0.25) is 0 Å². The van der Waals surface area contributed by atoms with Gasteiger partial charge < -0.3 is 5.32 Å².